The van der Waals surface area contributed by atoms with Crippen molar-refractivity contribution in [3.8, 4) is 0 Å². The van der Waals surface area contributed by atoms with Crippen molar-refractivity contribution < 1.29 is 9.21 Å². The summed E-state index contributed by atoms with van der Waals surface area (Å²) in [5, 5.41) is 1.36. The predicted octanol–water partition coefficient (Wildman–Crippen LogP) is 7.95. The number of rotatable bonds is 6. The van der Waals surface area contributed by atoms with Crippen molar-refractivity contribution in [3.05, 3.63) is 106 Å². The van der Waals surface area contributed by atoms with Crippen molar-refractivity contribution in [2.75, 3.05) is 0 Å². The molecule has 1 aliphatic rings. The number of aliphatic imine (C=N–C) groups is 1. The Bertz CT molecular complexity index is 1310. The molecule has 3 heterocycles. The lowest BCUT2D eigenvalue weighted by molar-refractivity contribution is -0.122. The quantitative estimate of drug-likeness (QED) is 0.248. The molecule has 5 rings (SSSR count). The number of thioether (sulfide) groups is 1. The van der Waals surface area contributed by atoms with Gasteiger partial charge in [0.05, 0.1) is 27.6 Å². The van der Waals surface area contributed by atoms with Gasteiger partial charge in [-0.15, -0.1) is 11.3 Å². The number of carbonyl (C=O) groups excluding carboxylic acids is 1. The highest BCUT2D eigenvalue weighted by Gasteiger charge is 2.34. The van der Waals surface area contributed by atoms with Crippen LogP contribution in [0, 0.1) is 0 Å². The maximum Gasteiger partial charge on any atom is 0.267 e. The van der Waals surface area contributed by atoms with E-state index in [1.165, 1.54) is 11.8 Å². The molecule has 2 aromatic heterocycles. The van der Waals surface area contributed by atoms with Crippen LogP contribution in [0.4, 0.5) is 5.69 Å². The first-order chi connectivity index (χ1) is 16.1. The fourth-order valence-corrected chi connectivity index (χ4v) is 6.37. The molecule has 0 spiro atoms. The normalized spacial score (nSPS) is 16.3. The van der Waals surface area contributed by atoms with E-state index in [0.29, 0.717) is 22.4 Å². The Morgan fingerprint density at radius 3 is 2.58 bits per heavy atom. The molecule has 1 saturated heterocycles. The third-order valence-corrected chi connectivity index (χ3v) is 8.10. The molecular weight excluding hydrogens is 492 g/mol. The van der Waals surface area contributed by atoms with Crippen molar-refractivity contribution >= 4 is 69.3 Å². The average Bonchev–Trinajstić information content (AvgIpc) is 3.56. The number of amidine groups is 1. The summed E-state index contributed by atoms with van der Waals surface area (Å²) in [4.78, 5) is 22.4. The monoisotopic (exact) mass is 508 g/mol. The van der Waals surface area contributed by atoms with Crippen molar-refractivity contribution in [2.45, 2.75) is 15.6 Å². The molecule has 2 aromatic carbocycles. The van der Waals surface area contributed by atoms with Gasteiger partial charge in [-0.05, 0) is 78.5 Å². The van der Waals surface area contributed by atoms with Gasteiger partial charge in [0.25, 0.3) is 5.91 Å². The number of hydrogen-bond acceptors (Lipinski definition) is 6. The highest BCUT2D eigenvalue weighted by molar-refractivity contribution is 8.18. The van der Waals surface area contributed by atoms with Gasteiger partial charge in [-0.3, -0.25) is 9.69 Å². The number of para-hydroxylation sites is 1. The minimum Gasteiger partial charge on any atom is -0.467 e. The minimum atomic E-state index is -0.0774. The van der Waals surface area contributed by atoms with E-state index >= 15 is 0 Å². The Balaban J connectivity index is 1.39. The summed E-state index contributed by atoms with van der Waals surface area (Å²) in [6.45, 7) is 0.337. The van der Waals surface area contributed by atoms with E-state index in [1.807, 2.05) is 78.9 Å². The van der Waals surface area contributed by atoms with Gasteiger partial charge in [0.1, 0.15) is 5.76 Å². The number of carbonyl (C=O) groups is 1. The lowest BCUT2D eigenvalue weighted by Crippen LogP contribution is -2.28. The molecule has 1 fully saturated rings. The summed E-state index contributed by atoms with van der Waals surface area (Å²) in [5.41, 5.74) is 0.802. The fourth-order valence-electron chi connectivity index (χ4n) is 3.12. The number of furan rings is 1. The average molecular weight is 509 g/mol. The number of thiophene rings is 1. The molecule has 164 valence electrons. The van der Waals surface area contributed by atoms with Gasteiger partial charge in [0, 0.05) is 14.8 Å². The molecule has 0 saturated carbocycles. The lowest BCUT2D eigenvalue weighted by atomic mass is 10.3. The SMILES string of the molecule is O=C1/C(=C\c2ccc(Sc3ccc(Cl)cc3)s2)SC(=Nc2ccccc2)N1Cc1ccco1. The van der Waals surface area contributed by atoms with E-state index in [0.717, 1.165) is 24.7 Å². The van der Waals surface area contributed by atoms with E-state index in [4.69, 9.17) is 21.0 Å². The number of amides is 1. The van der Waals surface area contributed by atoms with Gasteiger partial charge in [-0.2, -0.15) is 0 Å². The second-order valence-corrected chi connectivity index (χ2v) is 11.0. The van der Waals surface area contributed by atoms with Gasteiger partial charge in [0.2, 0.25) is 0 Å². The zero-order valence-corrected chi connectivity index (χ0v) is 20.4. The lowest BCUT2D eigenvalue weighted by Gasteiger charge is -2.13. The first kappa shape index (κ1) is 22.1. The first-order valence-corrected chi connectivity index (χ1v) is 12.9. The zero-order valence-electron chi connectivity index (χ0n) is 17.2. The van der Waals surface area contributed by atoms with E-state index in [-0.39, 0.29) is 5.91 Å². The molecule has 1 amide bonds. The molecule has 0 atom stereocenters. The number of hydrogen-bond donors (Lipinski definition) is 0. The summed E-state index contributed by atoms with van der Waals surface area (Å²) in [6, 6.07) is 25.2. The second-order valence-electron chi connectivity index (χ2n) is 7.02. The Kier molecular flexibility index (Phi) is 6.73. The van der Waals surface area contributed by atoms with Crippen LogP contribution < -0.4 is 0 Å². The van der Waals surface area contributed by atoms with Crippen molar-refractivity contribution in [1.29, 1.82) is 0 Å². The Hall–Kier alpha value is -2.71. The van der Waals surface area contributed by atoms with Crippen LogP contribution >= 0.6 is 46.5 Å². The first-order valence-electron chi connectivity index (χ1n) is 10.0. The van der Waals surface area contributed by atoms with Crippen LogP contribution in [0.5, 0.6) is 0 Å². The molecule has 4 nitrogen and oxygen atoms in total. The summed E-state index contributed by atoms with van der Waals surface area (Å²) in [5.74, 6) is 0.634. The molecule has 33 heavy (non-hydrogen) atoms. The van der Waals surface area contributed by atoms with Gasteiger partial charge in [0.15, 0.2) is 5.17 Å². The Morgan fingerprint density at radius 2 is 1.82 bits per heavy atom. The van der Waals surface area contributed by atoms with Crippen LogP contribution in [0.25, 0.3) is 6.08 Å². The molecule has 0 unspecified atom stereocenters. The smallest absolute Gasteiger partial charge is 0.267 e. The topological polar surface area (TPSA) is 45.8 Å². The fraction of sp³-hybridized carbons (Fsp3) is 0.0400. The van der Waals surface area contributed by atoms with Gasteiger partial charge < -0.3 is 4.42 Å². The van der Waals surface area contributed by atoms with E-state index in [1.54, 1.807) is 34.3 Å². The summed E-state index contributed by atoms with van der Waals surface area (Å²) < 4.78 is 6.62. The van der Waals surface area contributed by atoms with Crippen LogP contribution in [-0.2, 0) is 11.3 Å². The summed E-state index contributed by atoms with van der Waals surface area (Å²) in [6.07, 6.45) is 3.55. The maximum atomic E-state index is 13.3. The highest BCUT2D eigenvalue weighted by atomic mass is 35.5. The Labute approximate surface area is 209 Å². The number of benzene rings is 2. The van der Waals surface area contributed by atoms with Crippen molar-refractivity contribution in [1.82, 2.24) is 4.90 Å². The number of halogens is 1. The van der Waals surface area contributed by atoms with Crippen LogP contribution in [0.15, 0.2) is 109 Å². The van der Waals surface area contributed by atoms with Gasteiger partial charge in [-0.25, -0.2) is 4.99 Å². The second kappa shape index (κ2) is 10.1. The minimum absolute atomic E-state index is 0.0774. The highest BCUT2D eigenvalue weighted by Crippen LogP contribution is 2.38. The van der Waals surface area contributed by atoms with Crippen molar-refractivity contribution in [2.24, 2.45) is 4.99 Å². The van der Waals surface area contributed by atoms with Crippen molar-refractivity contribution in [3.63, 3.8) is 0 Å². The van der Waals surface area contributed by atoms with Crippen LogP contribution in [0.2, 0.25) is 5.02 Å². The van der Waals surface area contributed by atoms with Crippen LogP contribution in [0.1, 0.15) is 10.6 Å². The van der Waals surface area contributed by atoms with Gasteiger partial charge in [-0.1, -0.05) is 41.6 Å². The summed E-state index contributed by atoms with van der Waals surface area (Å²) in [7, 11) is 0. The maximum absolute atomic E-state index is 13.3. The van der Waals surface area contributed by atoms with Gasteiger partial charge >= 0.3 is 0 Å². The number of nitrogens with zero attached hydrogens (tertiary/aromatic N) is 2. The van der Waals surface area contributed by atoms with E-state index < -0.39 is 0 Å². The molecule has 0 N–H and O–H groups in total. The molecular formula is C25H17ClN2O2S3. The molecule has 1 aliphatic heterocycles. The molecule has 4 aromatic rings. The molecule has 0 aliphatic carbocycles. The molecule has 0 bridgehead atoms. The largest absolute Gasteiger partial charge is 0.467 e. The zero-order chi connectivity index (χ0) is 22.6. The summed E-state index contributed by atoms with van der Waals surface area (Å²) >= 11 is 10.7. The van der Waals surface area contributed by atoms with E-state index in [9.17, 15) is 4.79 Å². The molecule has 8 heteroatoms. The standard InChI is InChI=1S/C25H17ClN2O2S3/c26-17-8-10-20(11-9-17)31-23-13-12-21(32-23)15-22-24(29)28(16-19-7-4-14-30-19)25(33-22)27-18-5-2-1-3-6-18/h1-15H,16H2/b22-15+,27-25?. The third-order valence-electron chi connectivity index (χ3n) is 4.67. The van der Waals surface area contributed by atoms with Crippen LogP contribution in [0.3, 0.4) is 0 Å². The van der Waals surface area contributed by atoms with E-state index in [2.05, 4.69) is 6.07 Å². The third kappa shape index (κ3) is 5.45. The predicted molar refractivity (Wildman–Crippen MR) is 138 cm³/mol. The Morgan fingerprint density at radius 1 is 1.00 bits per heavy atom. The molecule has 0 radical (unpaired) electrons. The van der Waals surface area contributed by atoms with Crippen LogP contribution in [-0.4, -0.2) is 16.0 Å².